The molecule has 0 spiro atoms. The summed E-state index contributed by atoms with van der Waals surface area (Å²) in [5.74, 6) is 0.551. The lowest BCUT2D eigenvalue weighted by Gasteiger charge is -2.34. The molecular formula is C19H34IN5. The number of rotatable bonds is 6. The van der Waals surface area contributed by atoms with Crippen LogP contribution >= 0.6 is 24.0 Å². The molecule has 1 aliphatic rings. The second-order valence-electron chi connectivity index (χ2n) is 7.60. The molecule has 142 valence electrons. The minimum absolute atomic E-state index is 0. The second kappa shape index (κ2) is 11.0. The summed E-state index contributed by atoms with van der Waals surface area (Å²) in [5, 5.41) is 3.19. The summed E-state index contributed by atoms with van der Waals surface area (Å²) >= 11 is 0. The molecule has 0 saturated carbocycles. The minimum atomic E-state index is -0.0251. The Hall–Kier alpha value is -0.860. The van der Waals surface area contributed by atoms with Crippen molar-refractivity contribution in [2.75, 3.05) is 39.3 Å². The van der Waals surface area contributed by atoms with Gasteiger partial charge in [-0.3, -0.25) is 9.89 Å². The zero-order chi connectivity index (χ0) is 17.4. The number of nitrogens with zero attached hydrogens (tertiary/aromatic N) is 3. The van der Waals surface area contributed by atoms with E-state index in [1.54, 1.807) is 0 Å². The molecule has 25 heavy (non-hydrogen) atoms. The van der Waals surface area contributed by atoms with E-state index in [0.717, 1.165) is 52.2 Å². The van der Waals surface area contributed by atoms with E-state index in [9.17, 15) is 0 Å². The summed E-state index contributed by atoms with van der Waals surface area (Å²) in [7, 11) is 0. The molecule has 1 aromatic rings. The van der Waals surface area contributed by atoms with Crippen molar-refractivity contribution in [1.29, 1.82) is 0 Å². The lowest BCUT2D eigenvalue weighted by Crippen LogP contribution is -2.46. The van der Waals surface area contributed by atoms with E-state index in [1.165, 1.54) is 5.56 Å². The van der Waals surface area contributed by atoms with E-state index in [-0.39, 0.29) is 29.5 Å². The predicted octanol–water partition coefficient (Wildman–Crippen LogP) is 2.52. The minimum Gasteiger partial charge on any atom is -0.370 e. The molecule has 0 amide bonds. The van der Waals surface area contributed by atoms with Gasteiger partial charge < -0.3 is 16.0 Å². The molecule has 1 heterocycles. The lowest BCUT2D eigenvalue weighted by molar-refractivity contribution is 0.127. The van der Waals surface area contributed by atoms with Crippen molar-refractivity contribution in [3.63, 3.8) is 0 Å². The number of hydrogen-bond acceptors (Lipinski definition) is 3. The van der Waals surface area contributed by atoms with Crippen LogP contribution in [0.2, 0.25) is 0 Å². The van der Waals surface area contributed by atoms with Gasteiger partial charge in [0.15, 0.2) is 5.96 Å². The first kappa shape index (κ1) is 22.2. The maximum atomic E-state index is 5.89. The highest BCUT2D eigenvalue weighted by molar-refractivity contribution is 14.0. The van der Waals surface area contributed by atoms with Crippen LogP contribution in [0.5, 0.6) is 0 Å². The van der Waals surface area contributed by atoms with Gasteiger partial charge >= 0.3 is 0 Å². The number of nitrogens with two attached hydrogens (primary N) is 1. The van der Waals surface area contributed by atoms with Crippen LogP contribution < -0.4 is 11.1 Å². The van der Waals surface area contributed by atoms with Crippen LogP contribution in [-0.4, -0.2) is 60.6 Å². The zero-order valence-electron chi connectivity index (χ0n) is 15.9. The van der Waals surface area contributed by atoms with Crippen molar-refractivity contribution >= 4 is 29.9 Å². The molecule has 0 aromatic heterocycles. The van der Waals surface area contributed by atoms with Crippen molar-refractivity contribution in [1.82, 2.24) is 15.1 Å². The van der Waals surface area contributed by atoms with Crippen LogP contribution in [-0.2, 0) is 6.54 Å². The van der Waals surface area contributed by atoms with Gasteiger partial charge in [0.1, 0.15) is 0 Å². The molecule has 0 atom stereocenters. The Morgan fingerprint density at radius 3 is 2.28 bits per heavy atom. The number of guanidine groups is 1. The summed E-state index contributed by atoms with van der Waals surface area (Å²) in [6.07, 6.45) is 1.06. The molecule has 0 bridgehead atoms. The standard InChI is InChI=1S/C19H33N5.HI/c1-19(2,3)22-18(20)21-10-7-11-23-12-14-24(15-13-23)16-17-8-5-4-6-9-17;/h4-6,8-9H,7,10-16H2,1-3H3,(H3,20,21,22);1H. The molecule has 1 fully saturated rings. The smallest absolute Gasteiger partial charge is 0.188 e. The molecule has 0 unspecified atom stereocenters. The fourth-order valence-electron chi connectivity index (χ4n) is 2.93. The fraction of sp³-hybridized carbons (Fsp3) is 0.632. The highest BCUT2D eigenvalue weighted by atomic mass is 127. The van der Waals surface area contributed by atoms with Gasteiger partial charge in [0.05, 0.1) is 0 Å². The average molecular weight is 459 g/mol. The molecule has 6 heteroatoms. The maximum absolute atomic E-state index is 5.89. The van der Waals surface area contributed by atoms with E-state index in [4.69, 9.17) is 5.73 Å². The van der Waals surface area contributed by atoms with E-state index < -0.39 is 0 Å². The summed E-state index contributed by atoms with van der Waals surface area (Å²) in [5.41, 5.74) is 7.27. The normalized spacial score (nSPS) is 17.2. The Labute approximate surface area is 170 Å². The summed E-state index contributed by atoms with van der Waals surface area (Å²) < 4.78 is 0. The predicted molar refractivity (Wildman–Crippen MR) is 118 cm³/mol. The Morgan fingerprint density at radius 2 is 1.68 bits per heavy atom. The van der Waals surface area contributed by atoms with Gasteiger partial charge in [-0.05, 0) is 32.8 Å². The highest BCUT2D eigenvalue weighted by Gasteiger charge is 2.16. The molecule has 5 nitrogen and oxygen atoms in total. The molecule has 1 aliphatic heterocycles. The second-order valence-corrected chi connectivity index (χ2v) is 7.60. The van der Waals surface area contributed by atoms with Crippen LogP contribution in [0.1, 0.15) is 32.8 Å². The molecule has 2 rings (SSSR count). The Kier molecular flexibility index (Phi) is 9.74. The summed E-state index contributed by atoms with van der Waals surface area (Å²) in [6, 6.07) is 10.7. The number of nitrogens with one attached hydrogen (secondary N) is 1. The Bertz CT molecular complexity index is 504. The quantitative estimate of drug-likeness (QED) is 0.297. The summed E-state index contributed by atoms with van der Waals surface area (Å²) in [6.45, 7) is 13.8. The van der Waals surface area contributed by atoms with Gasteiger partial charge in [0.25, 0.3) is 0 Å². The van der Waals surface area contributed by atoms with Gasteiger partial charge in [-0.2, -0.15) is 0 Å². The monoisotopic (exact) mass is 459 g/mol. The fourth-order valence-corrected chi connectivity index (χ4v) is 2.93. The third-order valence-corrected chi connectivity index (χ3v) is 4.13. The van der Waals surface area contributed by atoms with E-state index in [2.05, 4.69) is 71.2 Å². The van der Waals surface area contributed by atoms with E-state index >= 15 is 0 Å². The lowest BCUT2D eigenvalue weighted by atomic mass is 10.1. The Balaban J connectivity index is 0.00000312. The van der Waals surface area contributed by atoms with Crippen LogP contribution in [0.3, 0.4) is 0 Å². The maximum Gasteiger partial charge on any atom is 0.188 e. The third kappa shape index (κ3) is 9.42. The van der Waals surface area contributed by atoms with Crippen LogP contribution in [0.15, 0.2) is 35.3 Å². The summed E-state index contributed by atoms with van der Waals surface area (Å²) in [4.78, 5) is 9.48. The first-order valence-electron chi connectivity index (χ1n) is 8.99. The molecule has 1 saturated heterocycles. The third-order valence-electron chi connectivity index (χ3n) is 4.13. The van der Waals surface area contributed by atoms with Crippen LogP contribution in [0, 0.1) is 0 Å². The van der Waals surface area contributed by atoms with E-state index in [0.29, 0.717) is 5.96 Å². The van der Waals surface area contributed by atoms with Gasteiger partial charge in [0, 0.05) is 51.4 Å². The number of benzene rings is 1. The SMILES string of the molecule is CC(C)(C)NC(N)=NCCCN1CCN(Cc2ccccc2)CC1.I. The largest absolute Gasteiger partial charge is 0.370 e. The van der Waals surface area contributed by atoms with Crippen LogP contribution in [0.4, 0.5) is 0 Å². The topological polar surface area (TPSA) is 56.9 Å². The van der Waals surface area contributed by atoms with E-state index in [1.807, 2.05) is 0 Å². The molecule has 0 radical (unpaired) electrons. The van der Waals surface area contributed by atoms with Gasteiger partial charge in [-0.15, -0.1) is 24.0 Å². The molecule has 0 aliphatic carbocycles. The van der Waals surface area contributed by atoms with Crippen LogP contribution in [0.25, 0.3) is 0 Å². The zero-order valence-corrected chi connectivity index (χ0v) is 18.2. The Morgan fingerprint density at radius 1 is 1.08 bits per heavy atom. The van der Waals surface area contributed by atoms with Crippen molar-refractivity contribution in [2.45, 2.75) is 39.3 Å². The van der Waals surface area contributed by atoms with Gasteiger partial charge in [-0.25, -0.2) is 0 Å². The van der Waals surface area contributed by atoms with Crippen molar-refractivity contribution in [3.8, 4) is 0 Å². The molecule has 1 aromatic carbocycles. The molecular weight excluding hydrogens is 425 g/mol. The highest BCUT2D eigenvalue weighted by Crippen LogP contribution is 2.08. The van der Waals surface area contributed by atoms with Crippen molar-refractivity contribution in [2.24, 2.45) is 10.7 Å². The van der Waals surface area contributed by atoms with Crippen molar-refractivity contribution in [3.05, 3.63) is 35.9 Å². The van der Waals surface area contributed by atoms with Gasteiger partial charge in [-0.1, -0.05) is 30.3 Å². The number of piperazine rings is 1. The average Bonchev–Trinajstić information content (AvgIpc) is 2.52. The van der Waals surface area contributed by atoms with Gasteiger partial charge in [0.2, 0.25) is 0 Å². The first-order valence-corrected chi connectivity index (χ1v) is 8.99. The number of halogens is 1. The van der Waals surface area contributed by atoms with Crippen molar-refractivity contribution < 1.29 is 0 Å². The number of aliphatic imine (C=N–C) groups is 1. The first-order chi connectivity index (χ1) is 11.4. The number of hydrogen-bond donors (Lipinski definition) is 2. The molecule has 3 N–H and O–H groups in total.